The Bertz CT molecular complexity index is 2970. The van der Waals surface area contributed by atoms with Gasteiger partial charge in [0.15, 0.2) is 5.11 Å². The predicted octanol–water partition coefficient (Wildman–Crippen LogP) is -2.89. The number of hydrogen-bond donors (Lipinski definition) is 15. The molecule has 5 rings (SSSR count). The number of carboxylic acids is 5. The summed E-state index contributed by atoms with van der Waals surface area (Å²) in [5, 5.41) is 85.5. The van der Waals surface area contributed by atoms with Crippen LogP contribution in [0.4, 0.5) is 5.69 Å². The van der Waals surface area contributed by atoms with Crippen molar-refractivity contribution in [2.24, 2.45) is 0 Å². The van der Waals surface area contributed by atoms with E-state index in [2.05, 4.69) is 52.2 Å². The number of carboxylic acid groups (broad SMARTS) is 5. The van der Waals surface area contributed by atoms with Crippen LogP contribution >= 0.6 is 12.2 Å². The van der Waals surface area contributed by atoms with Crippen molar-refractivity contribution in [3.8, 4) is 0 Å². The molecule has 0 saturated carbocycles. The minimum atomic E-state index is -1.75. The van der Waals surface area contributed by atoms with Crippen molar-refractivity contribution in [3.05, 3.63) is 114 Å². The number of fused-ring (bicyclic) bond motifs is 2. The topological polar surface area (TPSA) is 448 Å². The molecule has 0 saturated heterocycles. The van der Waals surface area contributed by atoms with E-state index >= 15 is 0 Å². The third kappa shape index (κ3) is 24.0. The SMILES string of the molecule is C[C@H](NC(=O)[C@H](CC(=O)O)NC(=S)Nc1ccc(CCC(C(=O)O)N2CCN(CC(=O)O)CCN(CC(=O)O)Cc3cccc(n3)C2)cc1)C(=O)N[C@@H](Cc1cnc[nH]1)C(=O)N[C@@H](CO)C(=O)N[C@@H](Cc1ccccc1)C(=O)N[C@@H](CO)C(=O)O.[Gd+3]. The molecule has 30 nitrogen and oxygen atoms in total. The molecule has 1 aliphatic heterocycles. The number of hydrogen-bond acceptors (Lipinski definition) is 18. The Hall–Kier alpha value is -7.69. The van der Waals surface area contributed by atoms with E-state index in [4.69, 9.17) is 12.2 Å². The van der Waals surface area contributed by atoms with E-state index < -0.39 is 121 Å². The number of rotatable bonds is 30. The summed E-state index contributed by atoms with van der Waals surface area (Å²) in [6, 6.07) is 9.61. The number of thiocarbonyl (C=S) groups is 1. The number of aliphatic carboxylic acids is 5. The Kier molecular flexibility index (Phi) is 29.4. The Morgan fingerprint density at radius 3 is 1.73 bits per heavy atom. The van der Waals surface area contributed by atoms with E-state index in [0.717, 1.165) is 5.56 Å². The van der Waals surface area contributed by atoms with Gasteiger partial charge in [-0.15, -0.1) is 0 Å². The van der Waals surface area contributed by atoms with Crippen molar-refractivity contribution in [3.63, 3.8) is 0 Å². The largest absolute Gasteiger partial charge is 3.00 e. The first-order chi connectivity index (χ1) is 40.5. The van der Waals surface area contributed by atoms with Gasteiger partial charge in [0.2, 0.25) is 29.5 Å². The fourth-order valence-electron chi connectivity index (χ4n) is 8.89. The number of aromatic nitrogens is 3. The van der Waals surface area contributed by atoms with Crippen LogP contribution in [0.25, 0.3) is 0 Å². The molecule has 1 radical (unpaired) electrons. The standard InChI is InChI=1S/C54H69N13O17S.Gd/c1-31(47(76)60-39(21-37-23-55-30-56-37)50(79)62-41(28-68)51(80)61-38(20-33-6-3-2-4-7-33)49(78)63-42(29-69)52(81)82)57-48(77)40(22-44(70)71)64-54(85)59-34-13-10-32(11-14-34)12-15-43(53(83)84)67-19-18-65(26-45(72)73)16-17-66(27-46(74)75)24-35-8-5-9-36(25-67)58-35;/h2-11,13-14,23,30-31,38-43,68-69H,12,15-22,24-29H2,1H3,(H,55,56)(H,57,77)(H,60,76)(H,61,80)(H,62,79)(H,63,78)(H,70,71)(H,72,73)(H,74,75)(H,81,82)(H,83,84)(H2,59,64,85);/q;+3/t31-,38-,39-,40-,41-,42-,43?;/m0./s1. The Morgan fingerprint density at radius 1 is 0.581 bits per heavy atom. The number of aliphatic hydroxyl groups excluding tert-OH is 2. The van der Waals surface area contributed by atoms with Gasteiger partial charge in [-0.25, -0.2) is 9.78 Å². The summed E-state index contributed by atoms with van der Waals surface area (Å²) in [5.41, 5.74) is 3.07. The average Bonchev–Trinajstić information content (AvgIpc) is 4.10. The number of pyridine rings is 1. The summed E-state index contributed by atoms with van der Waals surface area (Å²) in [6.07, 6.45) is 1.76. The second kappa shape index (κ2) is 35.7. The van der Waals surface area contributed by atoms with Gasteiger partial charge in [-0.1, -0.05) is 48.5 Å². The first-order valence-corrected chi connectivity index (χ1v) is 27.1. The van der Waals surface area contributed by atoms with Crippen LogP contribution in [0.15, 0.2) is 85.3 Å². The number of amides is 5. The smallest absolute Gasteiger partial charge is 0.481 e. The van der Waals surface area contributed by atoms with Crippen LogP contribution in [0.5, 0.6) is 0 Å². The number of benzene rings is 2. The molecule has 5 amide bonds. The molecule has 1 unspecified atom stereocenters. The maximum absolute atomic E-state index is 13.8. The summed E-state index contributed by atoms with van der Waals surface area (Å²) in [6.45, 7) is -0.357. The molecule has 0 fully saturated rings. The van der Waals surface area contributed by atoms with Crippen molar-refractivity contribution in [1.82, 2.24) is 61.6 Å². The van der Waals surface area contributed by atoms with Crippen molar-refractivity contribution < 1.29 is 124 Å². The molecule has 3 heterocycles. The van der Waals surface area contributed by atoms with Crippen LogP contribution < -0.4 is 37.2 Å². The first-order valence-electron chi connectivity index (χ1n) is 26.7. The second-order valence-corrected chi connectivity index (χ2v) is 20.3. The molecular formula is C54H69GdN13O17S+3. The number of aromatic amines is 1. The van der Waals surface area contributed by atoms with E-state index in [1.807, 2.05) is 0 Å². The molecular weight excluding hydrogens is 1290 g/mol. The fraction of sp³-hybridized carbons (Fsp3) is 0.426. The van der Waals surface area contributed by atoms with Gasteiger partial charge in [-0.2, -0.15) is 0 Å². The number of anilines is 1. The number of carbonyl (C=O) groups excluding carboxylic acids is 5. The van der Waals surface area contributed by atoms with Crippen LogP contribution in [0.3, 0.4) is 0 Å². The van der Waals surface area contributed by atoms with Gasteiger partial charge in [0.05, 0.1) is 50.4 Å². The van der Waals surface area contributed by atoms with Gasteiger partial charge in [-0.3, -0.25) is 62.8 Å². The van der Waals surface area contributed by atoms with Crippen LogP contribution in [0.2, 0.25) is 0 Å². The summed E-state index contributed by atoms with van der Waals surface area (Å²) >= 11 is 5.43. The number of nitrogens with zero attached hydrogens (tertiary/aromatic N) is 5. The molecule has 2 bridgehead atoms. The minimum absolute atomic E-state index is 0. The molecule has 2 aromatic heterocycles. The third-order valence-electron chi connectivity index (χ3n) is 13.3. The van der Waals surface area contributed by atoms with Gasteiger partial charge < -0.3 is 77.9 Å². The molecule has 1 aliphatic rings. The molecule has 7 atom stereocenters. The molecule has 2 aromatic carbocycles. The number of H-pyrrole nitrogens is 1. The normalized spacial score (nSPS) is 15.5. The van der Waals surface area contributed by atoms with E-state index in [0.29, 0.717) is 28.3 Å². The van der Waals surface area contributed by atoms with Crippen LogP contribution in [-0.2, 0) is 80.3 Å². The molecule has 86 heavy (non-hydrogen) atoms. The van der Waals surface area contributed by atoms with Crippen LogP contribution in [-0.4, -0.2) is 225 Å². The average molecular weight is 1360 g/mol. The van der Waals surface area contributed by atoms with Crippen molar-refractivity contribution in [2.75, 3.05) is 57.8 Å². The zero-order valence-corrected chi connectivity index (χ0v) is 49.5. The van der Waals surface area contributed by atoms with E-state index in [1.165, 1.54) is 19.4 Å². The van der Waals surface area contributed by atoms with Gasteiger partial charge in [0, 0.05) is 69.7 Å². The third-order valence-corrected chi connectivity index (χ3v) is 13.5. The summed E-state index contributed by atoms with van der Waals surface area (Å²) in [5.74, 6) is -11.3. The molecule has 0 aliphatic carbocycles. The molecule has 0 spiro atoms. The van der Waals surface area contributed by atoms with Gasteiger partial charge in [0.25, 0.3) is 0 Å². The van der Waals surface area contributed by atoms with E-state index in [-0.39, 0.29) is 123 Å². The Morgan fingerprint density at radius 2 is 1.14 bits per heavy atom. The monoisotopic (exact) mass is 1360 g/mol. The first kappa shape index (κ1) is 70.8. The van der Waals surface area contributed by atoms with Crippen LogP contribution in [0, 0.1) is 39.9 Å². The van der Waals surface area contributed by atoms with E-state index in [9.17, 15) is 83.7 Å². The van der Waals surface area contributed by atoms with Crippen LogP contribution in [0.1, 0.15) is 48.0 Å². The summed E-state index contributed by atoms with van der Waals surface area (Å²) < 4.78 is 0. The second-order valence-electron chi connectivity index (χ2n) is 19.9. The Labute approximate surface area is 530 Å². The summed E-state index contributed by atoms with van der Waals surface area (Å²) in [4.78, 5) is 144. The van der Waals surface area contributed by atoms with E-state index in [1.54, 1.807) is 87.5 Å². The maximum Gasteiger partial charge on any atom is 3.00 e. The number of aliphatic hydroxyl groups is 2. The van der Waals surface area contributed by atoms with Crippen molar-refractivity contribution >= 4 is 82.4 Å². The number of imidazole rings is 1. The maximum atomic E-state index is 13.8. The minimum Gasteiger partial charge on any atom is -0.481 e. The van der Waals surface area contributed by atoms with Gasteiger partial charge in [0.1, 0.15) is 42.3 Å². The summed E-state index contributed by atoms with van der Waals surface area (Å²) in [7, 11) is 0. The fourth-order valence-corrected chi connectivity index (χ4v) is 9.15. The van der Waals surface area contributed by atoms with Gasteiger partial charge in [-0.05, 0) is 67.4 Å². The predicted molar refractivity (Wildman–Crippen MR) is 303 cm³/mol. The number of nitrogens with one attached hydrogen (secondary N) is 8. The zero-order chi connectivity index (χ0) is 62.2. The number of aryl methyl sites for hydroxylation is 1. The molecule has 32 heteroatoms. The Balaban J connectivity index is 0.0000158. The zero-order valence-electron chi connectivity index (χ0n) is 46.4. The van der Waals surface area contributed by atoms with Gasteiger partial charge >= 0.3 is 69.8 Å². The molecule has 463 valence electrons. The molecule has 15 N–H and O–H groups in total. The molecule has 4 aromatic rings. The quantitative estimate of drug-likeness (QED) is 0.0233. The van der Waals surface area contributed by atoms with Crippen molar-refractivity contribution in [1.29, 1.82) is 0 Å². The van der Waals surface area contributed by atoms with Crippen molar-refractivity contribution in [2.45, 2.75) is 94.4 Å². The number of carbonyl (C=O) groups is 10.